The van der Waals surface area contributed by atoms with E-state index in [1.165, 1.54) is 12.5 Å². The van der Waals surface area contributed by atoms with E-state index in [0.717, 1.165) is 19.4 Å². The van der Waals surface area contributed by atoms with Gasteiger partial charge in [0.05, 0.1) is 6.10 Å². The van der Waals surface area contributed by atoms with Crippen LogP contribution < -0.4 is 10.1 Å². The van der Waals surface area contributed by atoms with Gasteiger partial charge in [0.25, 0.3) is 0 Å². The average molecular weight is 293 g/mol. The molecule has 1 aliphatic rings. The van der Waals surface area contributed by atoms with E-state index in [2.05, 4.69) is 19.2 Å². The molecule has 0 aliphatic heterocycles. The van der Waals surface area contributed by atoms with Gasteiger partial charge in [0.1, 0.15) is 11.6 Å². The molecule has 3 unspecified atom stereocenters. The Kier molecular flexibility index (Phi) is 5.63. The topological polar surface area (TPSA) is 21.3 Å². The van der Waals surface area contributed by atoms with Crippen molar-refractivity contribution >= 4 is 0 Å². The average Bonchev–Trinajstić information content (AvgIpc) is 2.37. The lowest BCUT2D eigenvalue weighted by molar-refractivity contribution is 0.0991. The van der Waals surface area contributed by atoms with Crippen LogP contribution >= 0.6 is 0 Å². The van der Waals surface area contributed by atoms with E-state index in [1.807, 2.05) is 19.9 Å². The molecule has 1 aromatic carbocycles. The lowest BCUT2D eigenvalue weighted by Gasteiger charge is -2.32. The largest absolute Gasteiger partial charge is 0.490 e. The van der Waals surface area contributed by atoms with Crippen LogP contribution in [0.25, 0.3) is 0 Å². The zero-order valence-electron chi connectivity index (χ0n) is 13.7. The molecule has 0 spiro atoms. The number of hydrogen-bond donors (Lipinski definition) is 1. The van der Waals surface area contributed by atoms with Gasteiger partial charge in [-0.2, -0.15) is 0 Å². The summed E-state index contributed by atoms with van der Waals surface area (Å²) < 4.78 is 20.4. The summed E-state index contributed by atoms with van der Waals surface area (Å²) in [5, 5.41) is 3.28. The van der Waals surface area contributed by atoms with Crippen molar-refractivity contribution in [3.8, 4) is 5.75 Å². The summed E-state index contributed by atoms with van der Waals surface area (Å²) in [5.74, 6) is 1.89. The summed E-state index contributed by atoms with van der Waals surface area (Å²) in [6.07, 6.45) is 3.60. The number of halogens is 1. The SMILES string of the molecule is CCNC(C)c1c(F)cccc1OC1CC(C)CC(C)C1. The number of nitrogens with one attached hydrogen (secondary N) is 1. The van der Waals surface area contributed by atoms with Crippen molar-refractivity contribution in [1.82, 2.24) is 5.32 Å². The lowest BCUT2D eigenvalue weighted by atomic mass is 9.82. The van der Waals surface area contributed by atoms with Crippen LogP contribution in [-0.2, 0) is 0 Å². The van der Waals surface area contributed by atoms with E-state index in [1.54, 1.807) is 6.07 Å². The maximum atomic E-state index is 14.2. The van der Waals surface area contributed by atoms with Crippen molar-refractivity contribution in [1.29, 1.82) is 0 Å². The van der Waals surface area contributed by atoms with E-state index >= 15 is 0 Å². The Morgan fingerprint density at radius 2 is 1.90 bits per heavy atom. The monoisotopic (exact) mass is 293 g/mol. The first kappa shape index (κ1) is 16.3. The zero-order chi connectivity index (χ0) is 15.4. The molecule has 1 aromatic rings. The first-order chi connectivity index (χ1) is 10.0. The Labute approximate surface area is 128 Å². The van der Waals surface area contributed by atoms with Crippen LogP contribution in [0.1, 0.15) is 58.6 Å². The minimum Gasteiger partial charge on any atom is -0.490 e. The standard InChI is InChI=1S/C18H28FNO/c1-5-20-14(4)18-16(19)7-6-8-17(18)21-15-10-12(2)9-13(3)11-15/h6-8,12-15,20H,5,9-11H2,1-4H3. The smallest absolute Gasteiger partial charge is 0.131 e. The fourth-order valence-corrected chi connectivity index (χ4v) is 3.60. The van der Waals surface area contributed by atoms with Crippen LogP contribution in [0.5, 0.6) is 5.75 Å². The molecular weight excluding hydrogens is 265 g/mol. The highest BCUT2D eigenvalue weighted by Gasteiger charge is 2.27. The van der Waals surface area contributed by atoms with Gasteiger partial charge in [-0.3, -0.25) is 0 Å². The van der Waals surface area contributed by atoms with Crippen LogP contribution in [0.15, 0.2) is 18.2 Å². The van der Waals surface area contributed by atoms with Crippen LogP contribution in [0, 0.1) is 17.7 Å². The lowest BCUT2D eigenvalue weighted by Crippen LogP contribution is -2.29. The maximum absolute atomic E-state index is 14.2. The molecule has 3 atom stereocenters. The van der Waals surface area contributed by atoms with Crippen molar-refractivity contribution in [2.24, 2.45) is 11.8 Å². The Morgan fingerprint density at radius 3 is 2.52 bits per heavy atom. The summed E-state index contributed by atoms with van der Waals surface area (Å²) >= 11 is 0. The predicted molar refractivity (Wildman–Crippen MR) is 85.1 cm³/mol. The molecule has 0 bridgehead atoms. The molecular formula is C18H28FNO. The van der Waals surface area contributed by atoms with Crippen molar-refractivity contribution in [2.75, 3.05) is 6.54 Å². The van der Waals surface area contributed by atoms with Gasteiger partial charge in [0.15, 0.2) is 0 Å². The van der Waals surface area contributed by atoms with Crippen LogP contribution in [-0.4, -0.2) is 12.6 Å². The summed E-state index contributed by atoms with van der Waals surface area (Å²) in [6, 6.07) is 5.12. The van der Waals surface area contributed by atoms with E-state index in [-0.39, 0.29) is 18.0 Å². The van der Waals surface area contributed by atoms with Gasteiger partial charge in [-0.1, -0.05) is 26.8 Å². The van der Waals surface area contributed by atoms with Crippen molar-refractivity contribution < 1.29 is 9.13 Å². The minimum atomic E-state index is -0.183. The molecule has 21 heavy (non-hydrogen) atoms. The Morgan fingerprint density at radius 1 is 1.24 bits per heavy atom. The summed E-state index contributed by atoms with van der Waals surface area (Å²) in [7, 11) is 0. The third-order valence-corrected chi connectivity index (χ3v) is 4.39. The number of benzene rings is 1. The van der Waals surface area contributed by atoms with E-state index in [9.17, 15) is 4.39 Å². The summed E-state index contributed by atoms with van der Waals surface area (Å²) in [5.41, 5.74) is 0.658. The molecule has 0 amide bonds. The molecule has 1 aliphatic carbocycles. The Bertz CT molecular complexity index is 453. The molecule has 2 rings (SSSR count). The first-order valence-electron chi connectivity index (χ1n) is 8.19. The number of rotatable bonds is 5. The van der Waals surface area contributed by atoms with Crippen LogP contribution in [0.2, 0.25) is 0 Å². The molecule has 0 radical (unpaired) electrons. The maximum Gasteiger partial charge on any atom is 0.131 e. The van der Waals surface area contributed by atoms with Crippen molar-refractivity contribution in [2.45, 2.75) is 59.1 Å². The molecule has 3 heteroatoms. The highest BCUT2D eigenvalue weighted by atomic mass is 19.1. The summed E-state index contributed by atoms with van der Waals surface area (Å²) in [6.45, 7) is 9.38. The third kappa shape index (κ3) is 4.19. The van der Waals surface area contributed by atoms with Gasteiger partial charge < -0.3 is 10.1 Å². The van der Waals surface area contributed by atoms with Crippen molar-refractivity contribution in [3.05, 3.63) is 29.6 Å². The fraction of sp³-hybridized carbons (Fsp3) is 0.667. The molecule has 0 saturated heterocycles. The van der Waals surface area contributed by atoms with Gasteiger partial charge >= 0.3 is 0 Å². The third-order valence-electron chi connectivity index (χ3n) is 4.39. The molecule has 1 saturated carbocycles. The number of hydrogen-bond acceptors (Lipinski definition) is 2. The molecule has 0 aromatic heterocycles. The van der Waals surface area contributed by atoms with Gasteiger partial charge in [-0.15, -0.1) is 0 Å². The molecule has 118 valence electrons. The van der Waals surface area contributed by atoms with Crippen LogP contribution in [0.3, 0.4) is 0 Å². The van der Waals surface area contributed by atoms with Crippen molar-refractivity contribution in [3.63, 3.8) is 0 Å². The molecule has 2 nitrogen and oxygen atoms in total. The predicted octanol–water partition coefficient (Wildman–Crippen LogP) is 4.70. The van der Waals surface area contributed by atoms with Gasteiger partial charge in [0.2, 0.25) is 0 Å². The Hall–Kier alpha value is -1.09. The second-order valence-corrected chi connectivity index (χ2v) is 6.59. The molecule has 0 heterocycles. The number of ether oxygens (including phenoxy) is 1. The normalized spacial score (nSPS) is 27.4. The minimum absolute atomic E-state index is 0.0374. The molecule has 1 N–H and O–H groups in total. The first-order valence-corrected chi connectivity index (χ1v) is 8.19. The highest BCUT2D eigenvalue weighted by Crippen LogP contribution is 2.34. The second kappa shape index (κ2) is 7.26. The molecule has 1 fully saturated rings. The van der Waals surface area contributed by atoms with E-state index in [4.69, 9.17) is 4.74 Å². The van der Waals surface area contributed by atoms with Gasteiger partial charge in [-0.05, 0) is 56.7 Å². The van der Waals surface area contributed by atoms with E-state index in [0.29, 0.717) is 23.1 Å². The summed E-state index contributed by atoms with van der Waals surface area (Å²) in [4.78, 5) is 0. The van der Waals surface area contributed by atoms with E-state index < -0.39 is 0 Å². The fourth-order valence-electron chi connectivity index (χ4n) is 3.60. The van der Waals surface area contributed by atoms with Crippen LogP contribution in [0.4, 0.5) is 4.39 Å². The highest BCUT2D eigenvalue weighted by molar-refractivity contribution is 5.37. The van der Waals surface area contributed by atoms with Gasteiger partial charge in [0, 0.05) is 11.6 Å². The zero-order valence-corrected chi connectivity index (χ0v) is 13.7. The second-order valence-electron chi connectivity index (χ2n) is 6.59. The quantitative estimate of drug-likeness (QED) is 0.849. The Balaban J connectivity index is 2.17. The van der Waals surface area contributed by atoms with Gasteiger partial charge in [-0.25, -0.2) is 4.39 Å².